The lowest BCUT2D eigenvalue weighted by Gasteiger charge is -2.40. The van der Waals surface area contributed by atoms with E-state index in [4.69, 9.17) is 0 Å². The maximum Gasteiger partial charge on any atom is 0.0300 e. The second kappa shape index (κ2) is 4.83. The molecule has 0 spiro atoms. The number of hydrogen-bond acceptors (Lipinski definition) is 2. The van der Waals surface area contributed by atoms with Gasteiger partial charge in [0.15, 0.2) is 0 Å². The van der Waals surface area contributed by atoms with E-state index in [1.807, 2.05) is 7.05 Å². The highest BCUT2D eigenvalue weighted by molar-refractivity contribution is 4.89. The molecule has 0 aromatic carbocycles. The van der Waals surface area contributed by atoms with Crippen LogP contribution in [0.5, 0.6) is 0 Å². The molecular weight excluding hydrogens is 148 g/mol. The largest absolute Gasteiger partial charge is 0.315 e. The molecule has 0 rings (SSSR count). The van der Waals surface area contributed by atoms with E-state index in [1.165, 1.54) is 12.8 Å². The number of rotatable bonds is 5. The van der Waals surface area contributed by atoms with Gasteiger partial charge in [-0.1, -0.05) is 13.3 Å². The fraction of sp³-hybridized carbons (Fsp3) is 1.00. The third kappa shape index (κ3) is 2.76. The molecule has 1 unspecified atom stereocenters. The van der Waals surface area contributed by atoms with Crippen molar-refractivity contribution in [2.24, 2.45) is 0 Å². The van der Waals surface area contributed by atoms with Gasteiger partial charge in [0.05, 0.1) is 0 Å². The molecule has 74 valence electrons. The number of nitrogens with zero attached hydrogens (tertiary/aromatic N) is 1. The highest BCUT2D eigenvalue weighted by Gasteiger charge is 2.29. The molecule has 2 nitrogen and oxygen atoms in total. The summed E-state index contributed by atoms with van der Waals surface area (Å²) >= 11 is 0. The van der Waals surface area contributed by atoms with Crippen LogP contribution in [0.15, 0.2) is 0 Å². The normalized spacial score (nSPS) is 15.2. The molecule has 0 radical (unpaired) electrons. The van der Waals surface area contributed by atoms with E-state index in [-0.39, 0.29) is 5.54 Å². The Morgan fingerprint density at radius 1 is 1.33 bits per heavy atom. The molecule has 0 fully saturated rings. The zero-order chi connectivity index (χ0) is 9.78. The molecule has 0 amide bonds. The summed E-state index contributed by atoms with van der Waals surface area (Å²) in [5.41, 5.74) is 0.241. The summed E-state index contributed by atoms with van der Waals surface area (Å²) < 4.78 is 0. The van der Waals surface area contributed by atoms with Gasteiger partial charge in [0, 0.05) is 11.6 Å². The second-order valence-electron chi connectivity index (χ2n) is 4.18. The molecule has 1 atom stereocenters. The van der Waals surface area contributed by atoms with Crippen molar-refractivity contribution in [2.45, 2.75) is 45.2 Å². The quantitative estimate of drug-likeness (QED) is 0.679. The van der Waals surface area contributed by atoms with Gasteiger partial charge in [0.2, 0.25) is 0 Å². The first-order valence-electron chi connectivity index (χ1n) is 4.81. The monoisotopic (exact) mass is 172 g/mol. The Kier molecular flexibility index (Phi) is 4.80. The van der Waals surface area contributed by atoms with Crippen molar-refractivity contribution in [3.05, 3.63) is 0 Å². The maximum atomic E-state index is 3.38. The van der Waals surface area contributed by atoms with Gasteiger partial charge >= 0.3 is 0 Å². The molecule has 2 heteroatoms. The van der Waals surface area contributed by atoms with E-state index >= 15 is 0 Å². The summed E-state index contributed by atoms with van der Waals surface area (Å²) in [6.07, 6.45) is 2.48. The third-order valence-corrected chi connectivity index (χ3v) is 2.93. The Balaban J connectivity index is 4.25. The predicted octanol–water partition coefficient (Wildman–Crippen LogP) is 1.71. The molecule has 0 saturated carbocycles. The molecule has 0 bridgehead atoms. The highest BCUT2D eigenvalue weighted by atomic mass is 15.2. The van der Waals surface area contributed by atoms with Gasteiger partial charge in [0.1, 0.15) is 0 Å². The molecule has 0 aliphatic rings. The lowest BCUT2D eigenvalue weighted by atomic mass is 9.90. The Labute approximate surface area is 77.3 Å². The van der Waals surface area contributed by atoms with Crippen LogP contribution in [0.1, 0.15) is 33.6 Å². The summed E-state index contributed by atoms with van der Waals surface area (Å²) in [6, 6.07) is 0.581. The molecule has 1 N–H and O–H groups in total. The van der Waals surface area contributed by atoms with Crippen molar-refractivity contribution >= 4 is 0 Å². The average molecular weight is 172 g/mol. The van der Waals surface area contributed by atoms with E-state index in [1.54, 1.807) is 0 Å². The molecule has 0 aliphatic heterocycles. The van der Waals surface area contributed by atoms with E-state index in [0.29, 0.717) is 6.04 Å². The predicted molar refractivity (Wildman–Crippen MR) is 55.5 cm³/mol. The summed E-state index contributed by atoms with van der Waals surface area (Å²) in [6.45, 7) is 6.80. The first-order chi connectivity index (χ1) is 5.46. The third-order valence-electron chi connectivity index (χ3n) is 2.93. The van der Waals surface area contributed by atoms with Crippen LogP contribution in [0.3, 0.4) is 0 Å². The van der Waals surface area contributed by atoms with Crippen LogP contribution in [0.4, 0.5) is 0 Å². The van der Waals surface area contributed by atoms with Gasteiger partial charge in [-0.2, -0.15) is 0 Å². The number of hydrogen-bond donors (Lipinski definition) is 1. The minimum absolute atomic E-state index is 0.241. The SMILES string of the molecule is CCCC(NC)C(C)(C)N(C)C. The highest BCUT2D eigenvalue weighted by Crippen LogP contribution is 2.18. The Morgan fingerprint density at radius 2 is 1.83 bits per heavy atom. The number of likely N-dealkylation sites (N-methyl/N-ethyl adjacent to an activating group) is 2. The fourth-order valence-electron chi connectivity index (χ4n) is 1.45. The molecule has 0 aromatic rings. The van der Waals surface area contributed by atoms with Crippen molar-refractivity contribution in [1.82, 2.24) is 10.2 Å². The van der Waals surface area contributed by atoms with Gasteiger partial charge in [-0.05, 0) is 41.4 Å². The van der Waals surface area contributed by atoms with Crippen molar-refractivity contribution in [1.29, 1.82) is 0 Å². The van der Waals surface area contributed by atoms with Crippen LogP contribution in [0, 0.1) is 0 Å². The zero-order valence-electron chi connectivity index (χ0n) is 9.44. The van der Waals surface area contributed by atoms with Crippen molar-refractivity contribution in [3.8, 4) is 0 Å². The first kappa shape index (κ1) is 11.9. The van der Waals surface area contributed by atoms with Crippen LogP contribution >= 0.6 is 0 Å². The molecule has 0 aliphatic carbocycles. The topological polar surface area (TPSA) is 15.3 Å². The Morgan fingerprint density at radius 3 is 2.08 bits per heavy atom. The number of nitrogens with one attached hydrogen (secondary N) is 1. The molecule has 0 aromatic heterocycles. The molecule has 0 heterocycles. The molecule has 12 heavy (non-hydrogen) atoms. The lowest BCUT2D eigenvalue weighted by Crippen LogP contribution is -2.54. The van der Waals surface area contributed by atoms with Crippen LogP contribution in [-0.4, -0.2) is 37.6 Å². The summed E-state index contributed by atoms with van der Waals surface area (Å²) in [5, 5.41) is 3.38. The summed E-state index contributed by atoms with van der Waals surface area (Å²) in [5.74, 6) is 0. The van der Waals surface area contributed by atoms with Gasteiger partial charge in [-0.15, -0.1) is 0 Å². The molecule has 0 saturated heterocycles. The van der Waals surface area contributed by atoms with Gasteiger partial charge in [0.25, 0.3) is 0 Å². The van der Waals surface area contributed by atoms with Crippen LogP contribution in [0.25, 0.3) is 0 Å². The van der Waals surface area contributed by atoms with Crippen LogP contribution in [-0.2, 0) is 0 Å². The van der Waals surface area contributed by atoms with Crippen molar-refractivity contribution in [3.63, 3.8) is 0 Å². The standard InChI is InChI=1S/C10H24N2/c1-7-8-9(11-4)10(2,3)12(5)6/h9,11H,7-8H2,1-6H3. The summed E-state index contributed by atoms with van der Waals surface area (Å²) in [7, 11) is 6.32. The van der Waals surface area contributed by atoms with E-state index in [9.17, 15) is 0 Å². The van der Waals surface area contributed by atoms with Crippen LogP contribution in [0.2, 0.25) is 0 Å². The van der Waals surface area contributed by atoms with Gasteiger partial charge in [-0.25, -0.2) is 0 Å². The van der Waals surface area contributed by atoms with Crippen molar-refractivity contribution < 1.29 is 0 Å². The fourth-order valence-corrected chi connectivity index (χ4v) is 1.45. The van der Waals surface area contributed by atoms with E-state index < -0.39 is 0 Å². The summed E-state index contributed by atoms with van der Waals surface area (Å²) in [4.78, 5) is 2.28. The Hall–Kier alpha value is -0.0800. The van der Waals surface area contributed by atoms with Crippen molar-refractivity contribution in [2.75, 3.05) is 21.1 Å². The first-order valence-corrected chi connectivity index (χ1v) is 4.81. The molecular formula is C10H24N2. The minimum Gasteiger partial charge on any atom is -0.315 e. The van der Waals surface area contributed by atoms with E-state index in [0.717, 1.165) is 0 Å². The lowest BCUT2D eigenvalue weighted by molar-refractivity contribution is 0.136. The zero-order valence-corrected chi connectivity index (χ0v) is 9.44. The second-order valence-corrected chi connectivity index (χ2v) is 4.18. The Bertz CT molecular complexity index is 119. The van der Waals surface area contributed by atoms with Crippen LogP contribution < -0.4 is 5.32 Å². The minimum atomic E-state index is 0.241. The maximum absolute atomic E-state index is 3.38. The van der Waals surface area contributed by atoms with Gasteiger partial charge < -0.3 is 10.2 Å². The average Bonchev–Trinajstić information content (AvgIpc) is 1.99. The smallest absolute Gasteiger partial charge is 0.0300 e. The van der Waals surface area contributed by atoms with Gasteiger partial charge in [-0.3, -0.25) is 0 Å². The van der Waals surface area contributed by atoms with E-state index in [2.05, 4.69) is 45.1 Å².